The van der Waals surface area contributed by atoms with E-state index in [2.05, 4.69) is 20.4 Å². The van der Waals surface area contributed by atoms with Crippen LogP contribution < -0.4 is 0 Å². The molecule has 0 aromatic heterocycles. The van der Waals surface area contributed by atoms with Crippen molar-refractivity contribution in [1.82, 2.24) is 0 Å². The lowest BCUT2D eigenvalue weighted by Gasteiger charge is -2.32. The van der Waals surface area contributed by atoms with Gasteiger partial charge in [0.1, 0.15) is 0 Å². The van der Waals surface area contributed by atoms with Crippen LogP contribution in [0.1, 0.15) is 40.0 Å². The third kappa shape index (κ3) is 2.24. The number of carbonyl (C=O) groups is 1. The molecule has 2 atom stereocenters. The van der Waals surface area contributed by atoms with Gasteiger partial charge in [0.2, 0.25) is 5.79 Å². The molecule has 3 rings (SSSR count). The van der Waals surface area contributed by atoms with Crippen molar-refractivity contribution >= 4 is 5.97 Å². The van der Waals surface area contributed by atoms with Crippen LogP contribution in [-0.2, 0) is 19.0 Å². The minimum atomic E-state index is -0.859. The molecule has 4 heteroatoms. The minimum absolute atomic E-state index is 0.159. The number of carbonyl (C=O) groups excluding carboxylic acids is 1. The van der Waals surface area contributed by atoms with Crippen molar-refractivity contribution in [2.75, 3.05) is 19.8 Å². The topological polar surface area (TPSA) is 44.8 Å². The van der Waals surface area contributed by atoms with Gasteiger partial charge in [0.05, 0.1) is 25.4 Å². The predicted octanol–water partition coefficient (Wildman–Crippen LogP) is 3.23. The fraction of sp³-hybridized carbons (Fsp3) is 0.722. The zero-order valence-electron chi connectivity index (χ0n) is 13.8. The van der Waals surface area contributed by atoms with Crippen molar-refractivity contribution in [1.29, 1.82) is 0 Å². The van der Waals surface area contributed by atoms with Crippen LogP contribution >= 0.6 is 0 Å². The van der Waals surface area contributed by atoms with E-state index >= 15 is 0 Å². The monoisotopic (exact) mass is 306 g/mol. The summed E-state index contributed by atoms with van der Waals surface area (Å²) in [5, 5.41) is 0. The van der Waals surface area contributed by atoms with Crippen molar-refractivity contribution in [3.8, 4) is 0 Å². The smallest absolute Gasteiger partial charge is 0.339 e. The quantitative estimate of drug-likeness (QED) is 0.591. The fourth-order valence-electron chi connectivity index (χ4n) is 4.59. The Bertz CT molecular complexity index is 511. The Morgan fingerprint density at radius 2 is 2.09 bits per heavy atom. The summed E-state index contributed by atoms with van der Waals surface area (Å²) in [5.41, 5.74) is 2.00. The van der Waals surface area contributed by atoms with Gasteiger partial charge in [-0.3, -0.25) is 0 Å². The van der Waals surface area contributed by atoms with Crippen molar-refractivity contribution in [3.63, 3.8) is 0 Å². The average molecular weight is 306 g/mol. The molecular weight excluding hydrogens is 280 g/mol. The normalized spacial score (nSPS) is 31.6. The van der Waals surface area contributed by atoms with E-state index < -0.39 is 5.79 Å². The molecule has 0 radical (unpaired) electrons. The molecule has 4 nitrogen and oxygen atoms in total. The maximum atomic E-state index is 12.6. The van der Waals surface area contributed by atoms with Crippen LogP contribution in [0.4, 0.5) is 0 Å². The fourth-order valence-corrected chi connectivity index (χ4v) is 4.59. The molecular formula is C18H26O4. The van der Waals surface area contributed by atoms with Crippen LogP contribution in [-0.4, -0.2) is 31.6 Å². The minimum Gasteiger partial charge on any atom is -0.462 e. The van der Waals surface area contributed by atoms with E-state index in [1.165, 1.54) is 5.57 Å². The summed E-state index contributed by atoms with van der Waals surface area (Å²) in [7, 11) is 0. The maximum Gasteiger partial charge on any atom is 0.339 e. The van der Waals surface area contributed by atoms with E-state index in [9.17, 15) is 4.79 Å². The van der Waals surface area contributed by atoms with E-state index in [0.717, 1.165) is 19.3 Å². The molecule has 0 amide bonds. The molecule has 0 unspecified atom stereocenters. The Labute approximate surface area is 132 Å². The summed E-state index contributed by atoms with van der Waals surface area (Å²) < 4.78 is 17.1. The van der Waals surface area contributed by atoms with Gasteiger partial charge in [-0.1, -0.05) is 25.5 Å². The zero-order valence-corrected chi connectivity index (χ0v) is 13.8. The molecule has 0 aromatic carbocycles. The number of allylic oxidation sites excluding steroid dienone is 2. The largest absolute Gasteiger partial charge is 0.462 e. The molecule has 1 aliphatic heterocycles. The Kier molecular flexibility index (Phi) is 3.94. The average Bonchev–Trinajstić information content (AvgIpc) is 3.07. The lowest BCUT2D eigenvalue weighted by molar-refractivity contribution is -0.158. The highest BCUT2D eigenvalue weighted by Gasteiger charge is 2.60. The molecule has 1 spiro atoms. The highest BCUT2D eigenvalue weighted by atomic mass is 16.7. The highest BCUT2D eigenvalue weighted by molar-refractivity contribution is 5.92. The predicted molar refractivity (Wildman–Crippen MR) is 83.1 cm³/mol. The van der Waals surface area contributed by atoms with Gasteiger partial charge in [-0.25, -0.2) is 4.79 Å². The van der Waals surface area contributed by atoms with Crippen LogP contribution in [0.2, 0.25) is 0 Å². The van der Waals surface area contributed by atoms with Gasteiger partial charge in [-0.15, -0.1) is 6.58 Å². The molecule has 0 N–H and O–H groups in total. The van der Waals surface area contributed by atoms with Crippen molar-refractivity contribution < 1.29 is 19.0 Å². The van der Waals surface area contributed by atoms with E-state index in [4.69, 9.17) is 14.2 Å². The number of ether oxygens (including phenoxy) is 3. The second kappa shape index (κ2) is 5.50. The van der Waals surface area contributed by atoms with Gasteiger partial charge < -0.3 is 14.2 Å². The van der Waals surface area contributed by atoms with Crippen LogP contribution in [0.25, 0.3) is 0 Å². The van der Waals surface area contributed by atoms with Gasteiger partial charge in [-0.2, -0.15) is 0 Å². The molecule has 2 fully saturated rings. The summed E-state index contributed by atoms with van der Waals surface area (Å²) in [4.78, 5) is 12.6. The van der Waals surface area contributed by atoms with Crippen LogP contribution in [0, 0.1) is 17.3 Å². The van der Waals surface area contributed by atoms with Crippen LogP contribution in [0.3, 0.4) is 0 Å². The third-order valence-corrected chi connectivity index (χ3v) is 5.43. The Morgan fingerprint density at radius 1 is 1.41 bits per heavy atom. The first-order chi connectivity index (χ1) is 10.4. The Morgan fingerprint density at radius 3 is 2.68 bits per heavy atom. The lowest BCUT2D eigenvalue weighted by atomic mass is 9.75. The number of esters is 1. The summed E-state index contributed by atoms with van der Waals surface area (Å²) in [6.07, 6.45) is 4.57. The number of hydrogen-bond acceptors (Lipinski definition) is 4. The van der Waals surface area contributed by atoms with Crippen LogP contribution in [0.5, 0.6) is 0 Å². The first-order valence-corrected chi connectivity index (χ1v) is 8.24. The summed E-state index contributed by atoms with van der Waals surface area (Å²) >= 11 is 0. The van der Waals surface area contributed by atoms with Crippen molar-refractivity contribution in [2.24, 2.45) is 17.3 Å². The standard InChI is InChI=1S/C18H26O4/c1-5-7-14-12-11-18(21-8-9-22-18)15(16(19)20-6-2)13(12)10-17(14,3)4/h5,12,14H,1,6-11H2,2-4H3/t12-,14+/m0/s1. The molecule has 0 bridgehead atoms. The third-order valence-electron chi connectivity index (χ3n) is 5.43. The summed E-state index contributed by atoms with van der Waals surface area (Å²) in [5.74, 6) is -0.332. The number of rotatable bonds is 4. The molecule has 2 aliphatic carbocycles. The van der Waals surface area contributed by atoms with E-state index in [0.29, 0.717) is 37.2 Å². The van der Waals surface area contributed by atoms with Gasteiger partial charge in [-0.05, 0) is 37.0 Å². The Balaban J connectivity index is 2.03. The number of hydrogen-bond donors (Lipinski definition) is 0. The van der Waals surface area contributed by atoms with Gasteiger partial charge in [0.15, 0.2) is 0 Å². The molecule has 1 saturated carbocycles. The first kappa shape index (κ1) is 15.8. The zero-order chi connectivity index (χ0) is 16.0. The highest BCUT2D eigenvalue weighted by Crippen LogP contribution is 2.61. The van der Waals surface area contributed by atoms with E-state index in [1.54, 1.807) is 0 Å². The molecule has 3 aliphatic rings. The lowest BCUT2D eigenvalue weighted by Crippen LogP contribution is -2.36. The van der Waals surface area contributed by atoms with E-state index in [-0.39, 0.29) is 11.4 Å². The van der Waals surface area contributed by atoms with Gasteiger partial charge in [0.25, 0.3) is 0 Å². The second-order valence-electron chi connectivity index (χ2n) is 7.18. The van der Waals surface area contributed by atoms with E-state index in [1.807, 2.05) is 13.0 Å². The molecule has 22 heavy (non-hydrogen) atoms. The van der Waals surface area contributed by atoms with Crippen LogP contribution in [0.15, 0.2) is 23.8 Å². The maximum absolute atomic E-state index is 12.6. The van der Waals surface area contributed by atoms with Gasteiger partial charge in [0, 0.05) is 6.42 Å². The van der Waals surface area contributed by atoms with Crippen molar-refractivity contribution in [2.45, 2.75) is 45.8 Å². The SMILES string of the molecule is C=CC[C@@H]1[C@H]2CC3(OCCO3)C(C(=O)OCC)=C2CC1(C)C. The summed E-state index contributed by atoms with van der Waals surface area (Å²) in [6, 6.07) is 0. The molecule has 122 valence electrons. The van der Waals surface area contributed by atoms with Crippen molar-refractivity contribution in [3.05, 3.63) is 23.8 Å². The van der Waals surface area contributed by atoms with Gasteiger partial charge >= 0.3 is 5.97 Å². The number of fused-ring (bicyclic) bond motifs is 1. The molecule has 1 saturated heterocycles. The second-order valence-corrected chi connectivity index (χ2v) is 7.18. The summed E-state index contributed by atoms with van der Waals surface area (Å²) in [6.45, 7) is 11.7. The Hall–Kier alpha value is -1.13. The first-order valence-electron chi connectivity index (χ1n) is 8.24. The molecule has 0 aromatic rings. The molecule has 1 heterocycles.